The van der Waals surface area contributed by atoms with E-state index in [1.165, 1.54) is 30.5 Å². The number of hydrogen-bond acceptors (Lipinski definition) is 3. The lowest BCUT2D eigenvalue weighted by Crippen LogP contribution is -2.32. The molecular weight excluding hydrogens is 275 g/mol. The quantitative estimate of drug-likeness (QED) is 0.793. The highest BCUT2D eigenvalue weighted by molar-refractivity contribution is 5.93. The van der Waals surface area contributed by atoms with Crippen LogP contribution in [0.3, 0.4) is 0 Å². The Balaban J connectivity index is 2.04. The number of aliphatic hydroxyl groups excluding tert-OH is 1. The first-order valence-electron chi connectivity index (χ1n) is 6.39. The number of carbonyl (C=O) groups is 1. The van der Waals surface area contributed by atoms with Gasteiger partial charge in [-0.2, -0.15) is 0 Å². The second-order valence-electron chi connectivity index (χ2n) is 4.64. The maximum absolute atomic E-state index is 13.5. The number of aromatic amines is 1. The van der Waals surface area contributed by atoms with E-state index in [0.29, 0.717) is 5.69 Å². The molecule has 21 heavy (non-hydrogen) atoms. The number of pyridine rings is 1. The maximum Gasteiger partial charge on any atom is 0.256 e. The molecule has 0 bridgehead atoms. The first-order valence-corrected chi connectivity index (χ1v) is 6.39. The second-order valence-corrected chi connectivity index (χ2v) is 4.64. The minimum absolute atomic E-state index is 0.0543. The average Bonchev–Trinajstić information content (AvgIpc) is 2.45. The molecule has 0 radical (unpaired) electrons. The summed E-state index contributed by atoms with van der Waals surface area (Å²) in [6.07, 6.45) is 0.127. The van der Waals surface area contributed by atoms with Crippen molar-refractivity contribution in [1.82, 2.24) is 10.3 Å². The summed E-state index contributed by atoms with van der Waals surface area (Å²) in [6.45, 7) is 1.51. The number of benzene rings is 1. The van der Waals surface area contributed by atoms with Crippen LogP contribution in [0, 0.1) is 12.7 Å². The molecule has 3 N–H and O–H groups in total. The van der Waals surface area contributed by atoms with Gasteiger partial charge in [-0.25, -0.2) is 4.39 Å². The van der Waals surface area contributed by atoms with E-state index >= 15 is 0 Å². The van der Waals surface area contributed by atoms with Gasteiger partial charge in [-0.05, 0) is 13.0 Å². The van der Waals surface area contributed by atoms with E-state index in [0.717, 1.165) is 0 Å². The number of H-pyrrole nitrogens is 1. The van der Waals surface area contributed by atoms with Crippen molar-refractivity contribution in [2.24, 2.45) is 0 Å². The molecule has 0 spiro atoms. The summed E-state index contributed by atoms with van der Waals surface area (Å²) in [7, 11) is 0. The smallest absolute Gasteiger partial charge is 0.256 e. The maximum atomic E-state index is 13.5. The fourth-order valence-corrected chi connectivity index (χ4v) is 1.89. The Morgan fingerprint density at radius 3 is 2.81 bits per heavy atom. The van der Waals surface area contributed by atoms with Gasteiger partial charge in [0.1, 0.15) is 11.4 Å². The Labute approximate surface area is 120 Å². The van der Waals surface area contributed by atoms with Gasteiger partial charge >= 0.3 is 0 Å². The van der Waals surface area contributed by atoms with E-state index < -0.39 is 23.3 Å². The van der Waals surface area contributed by atoms with Crippen molar-refractivity contribution in [3.63, 3.8) is 0 Å². The molecular formula is C15H15FN2O3. The van der Waals surface area contributed by atoms with Crippen molar-refractivity contribution in [2.45, 2.75) is 13.0 Å². The molecule has 0 aliphatic rings. The Hall–Kier alpha value is -2.47. The number of aryl methyl sites for hydroxylation is 1. The molecule has 1 aromatic carbocycles. The predicted molar refractivity (Wildman–Crippen MR) is 75.5 cm³/mol. The number of carbonyl (C=O) groups excluding carboxylic acids is 1. The summed E-state index contributed by atoms with van der Waals surface area (Å²) in [4.78, 5) is 26.3. The zero-order valence-electron chi connectivity index (χ0n) is 11.4. The minimum Gasteiger partial charge on any atom is -0.386 e. The third-order valence-corrected chi connectivity index (χ3v) is 3.02. The first kappa shape index (κ1) is 14.9. The van der Waals surface area contributed by atoms with Crippen LogP contribution in [0.25, 0.3) is 0 Å². The molecule has 1 amide bonds. The number of aromatic nitrogens is 1. The van der Waals surface area contributed by atoms with Crippen molar-refractivity contribution >= 4 is 5.91 Å². The molecule has 2 rings (SSSR count). The molecule has 110 valence electrons. The van der Waals surface area contributed by atoms with Gasteiger partial charge in [-0.1, -0.05) is 18.2 Å². The lowest BCUT2D eigenvalue weighted by atomic mass is 10.1. The van der Waals surface area contributed by atoms with Crippen LogP contribution in [0.5, 0.6) is 0 Å². The number of amides is 1. The number of rotatable bonds is 4. The van der Waals surface area contributed by atoms with Crippen LogP contribution in [0.1, 0.15) is 27.7 Å². The molecule has 5 nitrogen and oxygen atoms in total. The van der Waals surface area contributed by atoms with E-state index in [9.17, 15) is 19.1 Å². The van der Waals surface area contributed by atoms with Crippen LogP contribution in [-0.2, 0) is 0 Å². The third-order valence-electron chi connectivity index (χ3n) is 3.02. The molecule has 6 heteroatoms. The van der Waals surface area contributed by atoms with Crippen molar-refractivity contribution in [3.05, 3.63) is 69.4 Å². The number of aliphatic hydroxyl groups is 1. The van der Waals surface area contributed by atoms with Crippen molar-refractivity contribution in [3.8, 4) is 0 Å². The highest BCUT2D eigenvalue weighted by Crippen LogP contribution is 2.15. The van der Waals surface area contributed by atoms with Crippen molar-refractivity contribution in [2.75, 3.05) is 6.54 Å². The van der Waals surface area contributed by atoms with Gasteiger partial charge in [-0.15, -0.1) is 0 Å². The molecule has 0 fully saturated rings. The molecule has 0 saturated heterocycles. The molecule has 1 atom stereocenters. The van der Waals surface area contributed by atoms with Gasteiger partial charge in [0, 0.05) is 30.1 Å². The van der Waals surface area contributed by atoms with Gasteiger partial charge in [-0.3, -0.25) is 9.59 Å². The predicted octanol–water partition coefficient (Wildman–Crippen LogP) is 1.29. The van der Waals surface area contributed by atoms with Crippen molar-refractivity contribution < 1.29 is 14.3 Å². The fraction of sp³-hybridized carbons (Fsp3) is 0.200. The Bertz CT molecular complexity index is 712. The fourth-order valence-electron chi connectivity index (χ4n) is 1.89. The SMILES string of the molecule is Cc1cc(=O)c(C(=O)NCC(O)c2ccccc2F)c[nH]1. The Morgan fingerprint density at radius 1 is 1.43 bits per heavy atom. The van der Waals surface area contributed by atoms with E-state index in [-0.39, 0.29) is 17.7 Å². The van der Waals surface area contributed by atoms with Gasteiger partial charge in [0.15, 0.2) is 5.43 Å². The van der Waals surface area contributed by atoms with Gasteiger partial charge in [0.2, 0.25) is 0 Å². The van der Waals surface area contributed by atoms with Gasteiger partial charge in [0.05, 0.1) is 6.10 Å². The third kappa shape index (κ3) is 3.55. The molecule has 0 aliphatic heterocycles. The average molecular weight is 290 g/mol. The monoisotopic (exact) mass is 290 g/mol. The summed E-state index contributed by atoms with van der Waals surface area (Å²) >= 11 is 0. The Morgan fingerprint density at radius 2 is 2.14 bits per heavy atom. The van der Waals surface area contributed by atoms with E-state index in [1.54, 1.807) is 13.0 Å². The highest BCUT2D eigenvalue weighted by Gasteiger charge is 2.15. The molecule has 0 saturated carbocycles. The summed E-state index contributed by atoms with van der Waals surface area (Å²) in [5, 5.41) is 12.3. The van der Waals surface area contributed by atoms with Crippen molar-refractivity contribution in [1.29, 1.82) is 0 Å². The largest absolute Gasteiger partial charge is 0.386 e. The molecule has 1 aromatic heterocycles. The van der Waals surface area contributed by atoms with Crippen LogP contribution in [0.4, 0.5) is 4.39 Å². The molecule has 1 unspecified atom stereocenters. The van der Waals surface area contributed by atoms with Gasteiger partial charge in [0.25, 0.3) is 5.91 Å². The normalized spacial score (nSPS) is 12.0. The molecule has 1 heterocycles. The van der Waals surface area contributed by atoms with Crippen LogP contribution in [0.2, 0.25) is 0 Å². The lowest BCUT2D eigenvalue weighted by Gasteiger charge is -2.12. The molecule has 0 aliphatic carbocycles. The Kier molecular flexibility index (Phi) is 4.49. The zero-order valence-corrected chi connectivity index (χ0v) is 11.4. The summed E-state index contributed by atoms with van der Waals surface area (Å²) in [6, 6.07) is 7.07. The minimum atomic E-state index is -1.18. The molecule has 2 aromatic rings. The van der Waals surface area contributed by atoms with E-state index in [4.69, 9.17) is 0 Å². The van der Waals surface area contributed by atoms with Crippen LogP contribution < -0.4 is 10.7 Å². The van der Waals surface area contributed by atoms with Crippen LogP contribution in [0.15, 0.2) is 41.3 Å². The first-order chi connectivity index (χ1) is 9.99. The van der Waals surface area contributed by atoms with E-state index in [2.05, 4.69) is 10.3 Å². The van der Waals surface area contributed by atoms with Crippen LogP contribution in [-0.4, -0.2) is 22.5 Å². The topological polar surface area (TPSA) is 82.2 Å². The lowest BCUT2D eigenvalue weighted by molar-refractivity contribution is 0.0912. The number of hydrogen-bond donors (Lipinski definition) is 3. The summed E-state index contributed by atoms with van der Waals surface area (Å²) < 4.78 is 13.5. The summed E-state index contributed by atoms with van der Waals surface area (Å²) in [5.74, 6) is -1.17. The standard InChI is InChI=1S/C15H15FN2O3/c1-9-6-13(19)11(7-17-9)15(21)18-8-14(20)10-4-2-3-5-12(10)16/h2-7,14,20H,8H2,1H3,(H,17,19)(H,18,21). The number of halogens is 1. The zero-order chi connectivity index (χ0) is 15.4. The van der Waals surface area contributed by atoms with Crippen LogP contribution >= 0.6 is 0 Å². The number of nitrogens with one attached hydrogen (secondary N) is 2. The van der Waals surface area contributed by atoms with E-state index in [1.807, 2.05) is 0 Å². The van der Waals surface area contributed by atoms with Gasteiger partial charge < -0.3 is 15.4 Å². The second kappa shape index (κ2) is 6.32. The highest BCUT2D eigenvalue weighted by atomic mass is 19.1. The summed E-state index contributed by atoms with van der Waals surface area (Å²) in [5.41, 5.74) is 0.268.